The number of nitrogens with zero attached hydrogens (tertiary/aromatic N) is 3. The van der Waals surface area contributed by atoms with E-state index < -0.39 is 11.7 Å². The number of anilines is 2. The second-order valence-electron chi connectivity index (χ2n) is 8.81. The van der Waals surface area contributed by atoms with Crippen LogP contribution in [-0.2, 0) is 0 Å². The molecule has 5 nitrogen and oxygen atoms in total. The van der Waals surface area contributed by atoms with Crippen LogP contribution in [-0.4, -0.2) is 57.6 Å². The maximum Gasteiger partial charge on any atom is 0.255 e. The zero-order chi connectivity index (χ0) is 24.9. The van der Waals surface area contributed by atoms with Gasteiger partial charge in [-0.2, -0.15) is 0 Å². The number of nitrogens with one attached hydrogen (secondary N) is 1. The van der Waals surface area contributed by atoms with Crippen molar-refractivity contribution in [3.8, 4) is 0 Å². The van der Waals surface area contributed by atoms with Crippen LogP contribution in [0, 0.1) is 11.6 Å². The number of amides is 1. The summed E-state index contributed by atoms with van der Waals surface area (Å²) in [5, 5.41) is 2.98. The molecule has 1 unspecified atom stereocenters. The van der Waals surface area contributed by atoms with Gasteiger partial charge in [-0.25, -0.2) is 8.78 Å². The third-order valence-corrected chi connectivity index (χ3v) is 6.70. The van der Waals surface area contributed by atoms with Gasteiger partial charge in [0.2, 0.25) is 0 Å². The number of rotatable bonds is 7. The molecule has 0 spiro atoms. The molecule has 1 N–H and O–H groups in total. The lowest BCUT2D eigenvalue weighted by molar-refractivity contribution is 0.0926. The van der Waals surface area contributed by atoms with E-state index in [0.29, 0.717) is 6.54 Å². The highest BCUT2D eigenvalue weighted by Gasteiger charge is 2.27. The second kappa shape index (κ2) is 11.1. The van der Waals surface area contributed by atoms with Crippen molar-refractivity contribution in [1.29, 1.82) is 0 Å². The summed E-state index contributed by atoms with van der Waals surface area (Å²) in [6.45, 7) is 3.36. The Morgan fingerprint density at radius 2 is 1.63 bits per heavy atom. The first-order chi connectivity index (χ1) is 16.8. The summed E-state index contributed by atoms with van der Waals surface area (Å²) in [7, 11) is 3.97. The topological polar surface area (TPSA) is 38.8 Å². The molecule has 0 radical (unpaired) electrons. The van der Waals surface area contributed by atoms with Crippen LogP contribution >= 0.6 is 11.6 Å². The lowest BCUT2D eigenvalue weighted by Gasteiger charge is -2.40. The molecule has 184 valence electrons. The van der Waals surface area contributed by atoms with Crippen LogP contribution in [0.25, 0.3) is 0 Å². The van der Waals surface area contributed by atoms with Crippen molar-refractivity contribution in [3.63, 3.8) is 0 Å². The van der Waals surface area contributed by atoms with Gasteiger partial charge in [-0.05, 0) is 54.1 Å². The Morgan fingerprint density at radius 3 is 2.23 bits per heavy atom. The minimum absolute atomic E-state index is 0.0855. The Morgan fingerprint density at radius 1 is 0.971 bits per heavy atom. The molecule has 3 aromatic carbocycles. The fourth-order valence-electron chi connectivity index (χ4n) is 4.39. The van der Waals surface area contributed by atoms with Crippen LogP contribution in [0.2, 0.25) is 5.02 Å². The monoisotopic (exact) mass is 498 g/mol. The maximum atomic E-state index is 14.3. The smallest absolute Gasteiger partial charge is 0.255 e. The molecule has 0 bridgehead atoms. The van der Waals surface area contributed by atoms with Gasteiger partial charge in [-0.3, -0.25) is 9.69 Å². The third-order valence-electron chi connectivity index (χ3n) is 6.39. The molecule has 8 heteroatoms. The fraction of sp³-hybridized carbons (Fsp3) is 0.296. The van der Waals surface area contributed by atoms with Crippen molar-refractivity contribution in [3.05, 3.63) is 94.5 Å². The molecule has 1 fully saturated rings. The number of carbonyl (C=O) groups excluding carboxylic acids is 1. The minimum atomic E-state index is -0.644. The Kier molecular flexibility index (Phi) is 7.88. The standard InChI is InChI=1S/C27H29ClF2N4O/c1-32(2)21-10-6-19(7-11-21)25(18-31-27(35)26-23(28)4-3-5-24(26)30)34-16-14-33(15-17-34)22-12-8-20(29)9-13-22/h3-13,25H,14-18H2,1-2H3,(H,31,35). The van der Waals surface area contributed by atoms with E-state index >= 15 is 0 Å². The molecule has 0 saturated carbocycles. The number of halogens is 3. The van der Waals surface area contributed by atoms with Gasteiger partial charge in [0.05, 0.1) is 16.6 Å². The Labute approximate surface area is 209 Å². The van der Waals surface area contributed by atoms with Crippen LogP contribution in [0.1, 0.15) is 22.0 Å². The van der Waals surface area contributed by atoms with Gasteiger partial charge in [0.15, 0.2) is 0 Å². The largest absolute Gasteiger partial charge is 0.378 e. The Hall–Kier alpha value is -3.16. The van der Waals surface area contributed by atoms with Gasteiger partial charge < -0.3 is 15.1 Å². The van der Waals surface area contributed by atoms with E-state index in [0.717, 1.165) is 43.1 Å². The molecule has 1 aliphatic heterocycles. The van der Waals surface area contributed by atoms with E-state index in [1.54, 1.807) is 12.1 Å². The highest BCUT2D eigenvalue weighted by atomic mass is 35.5. The molecule has 4 rings (SSSR count). The third kappa shape index (κ3) is 5.92. The molecular weight excluding hydrogens is 470 g/mol. The zero-order valence-electron chi connectivity index (χ0n) is 19.8. The number of benzene rings is 3. The molecule has 1 amide bonds. The first kappa shape index (κ1) is 24.9. The molecule has 3 aromatic rings. The van der Waals surface area contributed by atoms with Crippen molar-refractivity contribution in [1.82, 2.24) is 10.2 Å². The average Bonchev–Trinajstić information content (AvgIpc) is 2.85. The SMILES string of the molecule is CN(C)c1ccc(C(CNC(=O)c2c(F)cccc2Cl)N2CCN(c3ccc(F)cc3)CC2)cc1. The van der Waals surface area contributed by atoms with Crippen LogP contribution in [0.5, 0.6) is 0 Å². The van der Waals surface area contributed by atoms with Gasteiger partial charge in [0.25, 0.3) is 5.91 Å². The highest BCUT2D eigenvalue weighted by Crippen LogP contribution is 2.26. The second-order valence-corrected chi connectivity index (χ2v) is 9.22. The van der Waals surface area contributed by atoms with E-state index in [1.807, 2.05) is 31.1 Å². The highest BCUT2D eigenvalue weighted by molar-refractivity contribution is 6.33. The number of hydrogen-bond donors (Lipinski definition) is 1. The van der Waals surface area contributed by atoms with Crippen LogP contribution in [0.15, 0.2) is 66.7 Å². The molecule has 1 atom stereocenters. The number of carbonyl (C=O) groups is 1. The van der Waals surface area contributed by atoms with E-state index in [4.69, 9.17) is 11.6 Å². The van der Waals surface area contributed by atoms with Gasteiger partial charge in [0, 0.05) is 58.2 Å². The van der Waals surface area contributed by atoms with Crippen molar-refractivity contribution in [2.75, 3.05) is 56.6 Å². The molecule has 1 heterocycles. The summed E-state index contributed by atoms with van der Waals surface area (Å²) in [5.41, 5.74) is 2.99. The summed E-state index contributed by atoms with van der Waals surface area (Å²) in [4.78, 5) is 19.4. The fourth-order valence-corrected chi connectivity index (χ4v) is 4.64. The summed E-state index contributed by atoms with van der Waals surface area (Å²) >= 11 is 6.09. The molecule has 1 aliphatic rings. The van der Waals surface area contributed by atoms with E-state index in [2.05, 4.69) is 27.2 Å². The quantitative estimate of drug-likeness (QED) is 0.499. The Balaban J connectivity index is 1.50. The van der Waals surface area contributed by atoms with Gasteiger partial charge in [-0.1, -0.05) is 29.8 Å². The minimum Gasteiger partial charge on any atom is -0.378 e. The van der Waals surface area contributed by atoms with Crippen LogP contribution < -0.4 is 15.1 Å². The summed E-state index contributed by atoms with van der Waals surface area (Å²) in [6.07, 6.45) is 0. The van der Waals surface area contributed by atoms with E-state index in [9.17, 15) is 13.6 Å². The number of piperazine rings is 1. The molecule has 1 saturated heterocycles. The first-order valence-electron chi connectivity index (χ1n) is 11.6. The number of hydrogen-bond acceptors (Lipinski definition) is 4. The maximum absolute atomic E-state index is 14.3. The molecule has 0 aliphatic carbocycles. The van der Waals surface area contributed by atoms with Crippen LogP contribution in [0.3, 0.4) is 0 Å². The van der Waals surface area contributed by atoms with Gasteiger partial charge >= 0.3 is 0 Å². The molecule has 0 aromatic heterocycles. The zero-order valence-corrected chi connectivity index (χ0v) is 20.6. The van der Waals surface area contributed by atoms with Crippen molar-refractivity contribution < 1.29 is 13.6 Å². The Bertz CT molecular complexity index is 1130. The molecular formula is C27H29ClF2N4O. The van der Waals surface area contributed by atoms with E-state index in [1.165, 1.54) is 30.3 Å². The van der Waals surface area contributed by atoms with Gasteiger partial charge in [-0.15, -0.1) is 0 Å². The lowest BCUT2D eigenvalue weighted by atomic mass is 10.0. The van der Waals surface area contributed by atoms with Crippen LogP contribution in [0.4, 0.5) is 20.2 Å². The normalized spacial score (nSPS) is 15.1. The van der Waals surface area contributed by atoms with Gasteiger partial charge in [0.1, 0.15) is 11.6 Å². The van der Waals surface area contributed by atoms with Crippen molar-refractivity contribution in [2.45, 2.75) is 6.04 Å². The summed E-state index contributed by atoms with van der Waals surface area (Å²) < 4.78 is 27.6. The predicted molar refractivity (Wildman–Crippen MR) is 137 cm³/mol. The molecule has 35 heavy (non-hydrogen) atoms. The lowest BCUT2D eigenvalue weighted by Crippen LogP contribution is -2.50. The van der Waals surface area contributed by atoms with Crippen molar-refractivity contribution >= 4 is 28.9 Å². The van der Waals surface area contributed by atoms with Crippen molar-refractivity contribution in [2.24, 2.45) is 0 Å². The summed E-state index contributed by atoms with van der Waals surface area (Å²) in [6, 6.07) is 18.9. The average molecular weight is 499 g/mol. The van der Waals surface area contributed by atoms with E-state index in [-0.39, 0.29) is 22.4 Å². The first-order valence-corrected chi connectivity index (χ1v) is 12.0. The summed E-state index contributed by atoms with van der Waals surface area (Å²) in [5.74, 6) is -1.43. The predicted octanol–water partition coefficient (Wildman–Crippen LogP) is 4.98.